The normalized spacial score (nSPS) is 18.7. The first-order chi connectivity index (χ1) is 23.8. The second kappa shape index (κ2) is 16.6. The number of hydrogen-bond acceptors (Lipinski definition) is 10. The monoisotopic (exact) mass is 740 g/mol. The van der Waals surface area contributed by atoms with Gasteiger partial charge in [0.15, 0.2) is 0 Å². The number of halogens is 4. The van der Waals surface area contributed by atoms with E-state index >= 15 is 0 Å². The summed E-state index contributed by atoms with van der Waals surface area (Å²) in [6.07, 6.45) is -1.62. The van der Waals surface area contributed by atoms with Gasteiger partial charge in [0.2, 0.25) is 5.91 Å². The third-order valence-corrected chi connectivity index (χ3v) is 11.2. The first kappa shape index (κ1) is 37.6. The molecule has 16 heteroatoms. The summed E-state index contributed by atoms with van der Waals surface area (Å²) in [5.74, 6) is 3.60. The Labute approximate surface area is 292 Å². The predicted molar refractivity (Wildman–Crippen MR) is 184 cm³/mol. The number of thiophene rings is 1. The smallest absolute Gasteiger partial charge is 0.393 e. The number of nitrogens with one attached hydrogen (secondary N) is 3. The highest BCUT2D eigenvalue weighted by atomic mass is 32.2. The van der Waals surface area contributed by atoms with E-state index in [0.717, 1.165) is 76.7 Å². The lowest BCUT2D eigenvalue weighted by molar-refractivity contribution is -0.127. The molecule has 2 heterocycles. The summed E-state index contributed by atoms with van der Waals surface area (Å²) in [7, 11) is -3.08. The Morgan fingerprint density at radius 3 is 2.52 bits per heavy atom. The summed E-state index contributed by atoms with van der Waals surface area (Å²) in [4.78, 5) is 13.3. The summed E-state index contributed by atoms with van der Waals surface area (Å²) in [5.41, 5.74) is 0.919. The van der Waals surface area contributed by atoms with Crippen molar-refractivity contribution in [3.05, 3.63) is 46.6 Å². The van der Waals surface area contributed by atoms with E-state index in [1.165, 1.54) is 18.4 Å². The van der Waals surface area contributed by atoms with Gasteiger partial charge in [-0.25, -0.2) is 17.5 Å². The lowest BCUT2D eigenvalue weighted by Crippen LogP contribution is -2.46. The highest BCUT2D eigenvalue weighted by molar-refractivity contribution is 7.90. The van der Waals surface area contributed by atoms with Crippen molar-refractivity contribution in [2.75, 3.05) is 63.8 Å². The van der Waals surface area contributed by atoms with E-state index in [2.05, 4.69) is 27.4 Å². The summed E-state index contributed by atoms with van der Waals surface area (Å²) in [6.45, 7) is 4.38. The number of ether oxygens (including phenoxy) is 3. The number of anilines is 2. The highest BCUT2D eigenvalue weighted by Crippen LogP contribution is 2.40. The number of alkyl halides is 3. The molecule has 3 N–H and O–H groups in total. The number of methoxy groups -OCH3 is 1. The molecular weight excluding hydrogens is 701 g/mol. The highest BCUT2D eigenvalue weighted by Gasteiger charge is 2.32. The van der Waals surface area contributed by atoms with Crippen molar-refractivity contribution in [1.82, 2.24) is 9.62 Å². The van der Waals surface area contributed by atoms with Crippen LogP contribution in [-0.2, 0) is 30.7 Å². The minimum atomic E-state index is -4.52. The molecule has 1 amide bonds. The zero-order chi connectivity index (χ0) is 35.9. The van der Waals surface area contributed by atoms with Gasteiger partial charge in [-0.15, -0.1) is 11.3 Å². The minimum absolute atomic E-state index is 0.00359. The van der Waals surface area contributed by atoms with Gasteiger partial charge in [0, 0.05) is 51.3 Å². The molecule has 0 bridgehead atoms. The molecule has 50 heavy (non-hydrogen) atoms. The van der Waals surface area contributed by atoms with Crippen molar-refractivity contribution in [2.24, 2.45) is 0 Å². The molecule has 2 aromatic carbocycles. The van der Waals surface area contributed by atoms with E-state index < -0.39 is 39.2 Å². The number of sulfonamides is 1. The van der Waals surface area contributed by atoms with Crippen molar-refractivity contribution >= 4 is 48.7 Å². The van der Waals surface area contributed by atoms with Crippen molar-refractivity contribution in [2.45, 2.75) is 62.2 Å². The molecule has 1 saturated carbocycles. The van der Waals surface area contributed by atoms with Gasteiger partial charge in [-0.3, -0.25) is 9.69 Å². The number of rotatable bonds is 12. The Kier molecular flexibility index (Phi) is 12.5. The Morgan fingerprint density at radius 1 is 1.10 bits per heavy atom. The third-order valence-electron chi connectivity index (χ3n) is 8.53. The maximum atomic E-state index is 15.0. The van der Waals surface area contributed by atoms with Crippen LogP contribution in [0, 0.1) is 17.7 Å². The second-order valence-electron chi connectivity index (χ2n) is 12.1. The van der Waals surface area contributed by atoms with E-state index in [0.29, 0.717) is 16.1 Å². The van der Waals surface area contributed by atoms with Crippen LogP contribution in [0.15, 0.2) is 35.2 Å². The first-order valence-electron chi connectivity index (χ1n) is 16.3. The molecule has 1 aromatic heterocycles. The fraction of sp³-hybridized carbons (Fsp3) is 0.500. The molecule has 272 valence electrons. The van der Waals surface area contributed by atoms with Gasteiger partial charge in [-0.2, -0.15) is 13.2 Å². The van der Waals surface area contributed by atoms with Crippen LogP contribution >= 0.6 is 11.3 Å². The van der Waals surface area contributed by atoms with Crippen molar-refractivity contribution in [3.63, 3.8) is 0 Å². The van der Waals surface area contributed by atoms with Crippen LogP contribution in [-0.4, -0.2) is 90.7 Å². The number of benzene rings is 2. The van der Waals surface area contributed by atoms with Crippen LogP contribution < -0.4 is 20.1 Å². The van der Waals surface area contributed by atoms with Crippen LogP contribution in [0.3, 0.4) is 0 Å². The summed E-state index contributed by atoms with van der Waals surface area (Å²) in [5, 5.41) is 6.95. The molecule has 3 aromatic rings. The molecule has 1 aliphatic heterocycles. The summed E-state index contributed by atoms with van der Waals surface area (Å²) >= 11 is 1.19. The molecule has 0 unspecified atom stereocenters. The largest absolute Gasteiger partial charge is 0.489 e. The standard InChI is InChI=1S/C34H40F4N4O6S2/c1-22(43)41-50(44,45)32-20-30(48-18-17-46-2)29(19-27(32)35)39-12-4-7-31-26(21-34(36,37)38)25-5-3-6-28(33(25)49-31)40-23-8-10-24(11-9-23)42-13-15-47-16-14-42/h3,5-6,19-20,23-24,39-40H,8-18,21H2,1-2H3,(H,41,43). The number of nitrogens with zero attached hydrogens (tertiary/aromatic N) is 1. The molecule has 2 aliphatic rings. The zero-order valence-corrected chi connectivity index (χ0v) is 29.4. The average molecular weight is 741 g/mol. The quantitative estimate of drug-likeness (QED) is 0.126. The Balaban J connectivity index is 1.35. The van der Waals surface area contributed by atoms with E-state index in [1.54, 1.807) is 16.9 Å². The van der Waals surface area contributed by atoms with Gasteiger partial charge < -0.3 is 24.8 Å². The number of morpholine rings is 1. The van der Waals surface area contributed by atoms with Gasteiger partial charge in [0.05, 0.1) is 53.7 Å². The molecule has 1 aliphatic carbocycles. The lowest BCUT2D eigenvalue weighted by atomic mass is 9.89. The van der Waals surface area contributed by atoms with Crippen LogP contribution in [0.25, 0.3) is 10.1 Å². The average Bonchev–Trinajstić information content (AvgIpc) is 3.40. The van der Waals surface area contributed by atoms with Gasteiger partial charge in [-0.05, 0) is 42.7 Å². The molecule has 0 atom stereocenters. The number of carbonyl (C=O) groups is 1. The maximum absolute atomic E-state index is 15.0. The number of hydrogen-bond donors (Lipinski definition) is 3. The fourth-order valence-electron chi connectivity index (χ4n) is 6.25. The molecular formula is C34H40F4N4O6S2. The predicted octanol–water partition coefficient (Wildman–Crippen LogP) is 5.51. The van der Waals surface area contributed by atoms with Gasteiger partial charge >= 0.3 is 6.18 Å². The topological polar surface area (TPSA) is 118 Å². The van der Waals surface area contributed by atoms with Gasteiger partial charge in [-0.1, -0.05) is 24.0 Å². The number of fused-ring (bicyclic) bond motifs is 1. The second-order valence-corrected chi connectivity index (χ2v) is 14.8. The van der Waals surface area contributed by atoms with Crippen LogP contribution in [0.5, 0.6) is 5.75 Å². The van der Waals surface area contributed by atoms with Crippen LogP contribution in [0.4, 0.5) is 28.9 Å². The van der Waals surface area contributed by atoms with E-state index in [9.17, 15) is 30.8 Å². The lowest BCUT2D eigenvalue weighted by Gasteiger charge is -2.39. The van der Waals surface area contributed by atoms with Gasteiger partial charge in [0.25, 0.3) is 10.0 Å². The van der Waals surface area contributed by atoms with Crippen LogP contribution in [0.1, 0.15) is 43.0 Å². The zero-order valence-electron chi connectivity index (χ0n) is 27.8. The number of amides is 1. The molecule has 0 spiro atoms. The summed E-state index contributed by atoms with van der Waals surface area (Å²) < 4.78 is 99.8. The molecule has 5 rings (SSSR count). The van der Waals surface area contributed by atoms with Crippen molar-refractivity contribution < 1.29 is 45.0 Å². The maximum Gasteiger partial charge on any atom is 0.393 e. The Hall–Kier alpha value is -3.62. The number of carbonyl (C=O) groups excluding carboxylic acids is 1. The van der Waals surface area contributed by atoms with Gasteiger partial charge in [0.1, 0.15) is 23.1 Å². The summed E-state index contributed by atoms with van der Waals surface area (Å²) in [6, 6.07) is 7.86. The minimum Gasteiger partial charge on any atom is -0.489 e. The Morgan fingerprint density at radius 2 is 1.84 bits per heavy atom. The van der Waals surface area contributed by atoms with Crippen LogP contribution in [0.2, 0.25) is 0 Å². The van der Waals surface area contributed by atoms with E-state index in [-0.39, 0.29) is 47.7 Å². The molecule has 1 saturated heterocycles. The third kappa shape index (κ3) is 9.79. The van der Waals surface area contributed by atoms with Crippen molar-refractivity contribution in [3.8, 4) is 17.6 Å². The molecule has 10 nitrogen and oxygen atoms in total. The fourth-order valence-corrected chi connectivity index (χ4v) is 8.49. The van der Waals surface area contributed by atoms with E-state index in [1.807, 2.05) is 6.07 Å². The van der Waals surface area contributed by atoms with Crippen molar-refractivity contribution in [1.29, 1.82) is 0 Å². The SMILES string of the molecule is COCCOc1cc(S(=O)(=O)NC(C)=O)c(F)cc1NCC#Cc1sc2c(NC3CCC(N4CCOCC4)CC3)cccc2c1CC(F)(F)F. The molecule has 0 radical (unpaired) electrons. The Bertz CT molecular complexity index is 1830. The molecule has 2 fully saturated rings. The van der Waals surface area contributed by atoms with E-state index in [4.69, 9.17) is 14.2 Å². The first-order valence-corrected chi connectivity index (χ1v) is 18.6.